The third kappa shape index (κ3) is 9.48. The van der Waals surface area contributed by atoms with Crippen molar-refractivity contribution < 1.29 is 42.5 Å². The maximum Gasteiger partial charge on any atom is 0.410 e. The fourth-order valence-corrected chi connectivity index (χ4v) is 7.20. The van der Waals surface area contributed by atoms with Crippen molar-refractivity contribution in [2.45, 2.75) is 85.0 Å². The molecule has 0 fully saturated rings. The van der Waals surface area contributed by atoms with Gasteiger partial charge in [-0.05, 0) is 77.3 Å². The number of fused-ring (bicyclic) bond motifs is 3. The number of ether oxygens (including phenoxy) is 5. The van der Waals surface area contributed by atoms with Crippen molar-refractivity contribution in [1.29, 1.82) is 0 Å². The molecule has 2 amide bonds. The van der Waals surface area contributed by atoms with Crippen molar-refractivity contribution in [2.75, 3.05) is 59.9 Å². The average molecular weight is 807 g/mol. The van der Waals surface area contributed by atoms with Crippen LogP contribution in [-0.4, -0.2) is 102 Å². The van der Waals surface area contributed by atoms with Crippen LogP contribution in [0.15, 0.2) is 41.2 Å². The lowest BCUT2D eigenvalue weighted by Crippen LogP contribution is -2.42. The van der Waals surface area contributed by atoms with Crippen molar-refractivity contribution in [3.05, 3.63) is 75.0 Å². The Balaban J connectivity index is 1.38. The molecule has 58 heavy (non-hydrogen) atoms. The van der Waals surface area contributed by atoms with E-state index in [4.69, 9.17) is 28.8 Å². The zero-order valence-corrected chi connectivity index (χ0v) is 34.9. The summed E-state index contributed by atoms with van der Waals surface area (Å²) in [4.78, 5) is 57.3. The fraction of sp³-hybridized carbons (Fsp3) is 0.500. The van der Waals surface area contributed by atoms with Crippen molar-refractivity contribution in [3.63, 3.8) is 0 Å². The Hall–Kier alpha value is -5.80. The molecule has 1 aliphatic rings. The normalized spacial score (nSPS) is 13.9. The van der Waals surface area contributed by atoms with E-state index < -0.39 is 29.0 Å². The number of aromatic nitrogens is 3. The molecule has 0 radical (unpaired) electrons. The fourth-order valence-electron chi connectivity index (χ4n) is 7.20. The molecule has 0 unspecified atom stereocenters. The molecule has 2 aromatic heterocycles. The van der Waals surface area contributed by atoms with Crippen LogP contribution in [0, 0.1) is 5.82 Å². The van der Waals surface area contributed by atoms with Crippen LogP contribution in [0.4, 0.5) is 15.0 Å². The lowest BCUT2D eigenvalue weighted by Gasteiger charge is -2.32. The molecule has 3 heterocycles. The van der Waals surface area contributed by atoms with E-state index >= 15 is 0 Å². The third-order valence-electron chi connectivity index (χ3n) is 10.0. The molecule has 1 aliphatic heterocycles. The number of hydrogen-bond acceptors (Lipinski definition) is 11. The largest absolute Gasteiger partial charge is 0.497 e. The highest BCUT2D eigenvalue weighted by molar-refractivity contribution is 6.07. The van der Waals surface area contributed by atoms with E-state index in [0.29, 0.717) is 74.0 Å². The number of carbonyl (C=O) groups excluding carboxylic acids is 3. The van der Waals surface area contributed by atoms with Crippen LogP contribution in [0.25, 0.3) is 10.9 Å². The maximum absolute atomic E-state index is 14.3. The van der Waals surface area contributed by atoms with E-state index in [0.717, 1.165) is 24.5 Å². The van der Waals surface area contributed by atoms with E-state index in [2.05, 4.69) is 5.32 Å². The number of benzene rings is 2. The SMILES string of the molecule is CCN1C[C@H](C)n2c(c(OC)c3c(=O)n(Cc4ccc(F)cc4C(=O)OC)nc(NCCCCCCN(Cc4ccc(OC)cc4OC)C(=O)OC(C)(C)C)c32)C1=O. The first-order valence-corrected chi connectivity index (χ1v) is 19.5. The topological polar surface area (TPSA) is 156 Å². The van der Waals surface area contributed by atoms with Crippen LogP contribution < -0.4 is 25.1 Å². The van der Waals surface area contributed by atoms with Gasteiger partial charge in [-0.1, -0.05) is 18.9 Å². The van der Waals surface area contributed by atoms with E-state index in [-0.39, 0.29) is 40.9 Å². The van der Waals surface area contributed by atoms with Gasteiger partial charge in [0.1, 0.15) is 33.8 Å². The van der Waals surface area contributed by atoms with Gasteiger partial charge in [0.25, 0.3) is 11.5 Å². The molecule has 0 aliphatic carbocycles. The Labute approximate surface area is 337 Å². The van der Waals surface area contributed by atoms with Gasteiger partial charge in [-0.3, -0.25) is 9.59 Å². The smallest absolute Gasteiger partial charge is 0.410 e. The minimum Gasteiger partial charge on any atom is -0.497 e. The summed E-state index contributed by atoms with van der Waals surface area (Å²) >= 11 is 0. The first-order chi connectivity index (χ1) is 27.7. The molecule has 0 saturated heterocycles. The average Bonchev–Trinajstić information content (AvgIpc) is 3.56. The van der Waals surface area contributed by atoms with Gasteiger partial charge in [-0.2, -0.15) is 0 Å². The number of esters is 1. The first-order valence-electron chi connectivity index (χ1n) is 19.5. The van der Waals surface area contributed by atoms with Crippen LogP contribution in [0.2, 0.25) is 0 Å². The zero-order valence-electron chi connectivity index (χ0n) is 34.9. The first kappa shape index (κ1) is 43.3. The highest BCUT2D eigenvalue weighted by atomic mass is 19.1. The monoisotopic (exact) mass is 806 g/mol. The summed E-state index contributed by atoms with van der Waals surface area (Å²) in [7, 11) is 5.77. The van der Waals surface area contributed by atoms with Crippen LogP contribution in [0.1, 0.15) is 98.3 Å². The zero-order chi connectivity index (χ0) is 42.3. The molecule has 0 saturated carbocycles. The summed E-state index contributed by atoms with van der Waals surface area (Å²) in [6.45, 7) is 11.3. The number of unbranched alkanes of at least 4 members (excludes halogenated alkanes) is 3. The predicted molar refractivity (Wildman–Crippen MR) is 217 cm³/mol. The minimum absolute atomic E-state index is 0.0373. The molecule has 5 rings (SSSR count). The number of nitrogens with zero attached hydrogens (tertiary/aromatic N) is 5. The number of amides is 2. The molecule has 16 heteroatoms. The number of hydrogen-bond donors (Lipinski definition) is 1. The summed E-state index contributed by atoms with van der Waals surface area (Å²) < 4.78 is 44.6. The van der Waals surface area contributed by atoms with Gasteiger partial charge < -0.3 is 43.4 Å². The van der Waals surface area contributed by atoms with E-state index in [1.807, 2.05) is 51.3 Å². The van der Waals surface area contributed by atoms with E-state index in [1.165, 1.54) is 31.0 Å². The Kier molecular flexibility index (Phi) is 13.9. The standard InChI is InChI=1S/C42H55FN6O9/c1-10-46-23-26(2)49-34-33(36(56-8)35(49)39(46)51)38(50)48(25-27-15-17-29(43)21-31(27)40(52)57-9)45-37(34)44-19-13-11-12-14-20-47(41(53)58-42(3,4)5)24-28-16-18-30(54-6)22-32(28)55-7/h15-18,21-22,26H,10-14,19-20,23-25H2,1-9H3,(H,44,45)/t26-/m0/s1. The van der Waals surface area contributed by atoms with Gasteiger partial charge in [0.05, 0.1) is 47.1 Å². The Morgan fingerprint density at radius 1 is 0.966 bits per heavy atom. The molecule has 0 bridgehead atoms. The lowest BCUT2D eigenvalue weighted by molar-refractivity contribution is 0.0228. The minimum atomic E-state index is -0.757. The number of rotatable bonds is 17. The second-order valence-corrected chi connectivity index (χ2v) is 15.2. The molecule has 1 N–H and O–H groups in total. The summed E-state index contributed by atoms with van der Waals surface area (Å²) in [5.74, 6) is 0.106. The highest BCUT2D eigenvalue weighted by Crippen LogP contribution is 2.40. The highest BCUT2D eigenvalue weighted by Gasteiger charge is 2.37. The number of methoxy groups -OCH3 is 4. The van der Waals surface area contributed by atoms with Crippen molar-refractivity contribution in [2.24, 2.45) is 0 Å². The van der Waals surface area contributed by atoms with Crippen LogP contribution in [0.3, 0.4) is 0 Å². The van der Waals surface area contributed by atoms with Crippen molar-refractivity contribution in [3.8, 4) is 17.2 Å². The van der Waals surface area contributed by atoms with Gasteiger partial charge in [-0.15, -0.1) is 5.10 Å². The number of carbonyl (C=O) groups is 3. The second kappa shape index (κ2) is 18.6. The second-order valence-electron chi connectivity index (χ2n) is 15.2. The number of nitrogens with one attached hydrogen (secondary N) is 1. The molecule has 4 aromatic rings. The number of anilines is 1. The van der Waals surface area contributed by atoms with Gasteiger partial charge in [0.2, 0.25) is 0 Å². The molecule has 1 atom stereocenters. The quantitative estimate of drug-likeness (QED) is 0.0902. The Morgan fingerprint density at radius 3 is 2.34 bits per heavy atom. The van der Waals surface area contributed by atoms with Crippen LogP contribution in [-0.2, 0) is 22.6 Å². The lowest BCUT2D eigenvalue weighted by atomic mass is 10.1. The molecule has 2 aromatic carbocycles. The summed E-state index contributed by atoms with van der Waals surface area (Å²) in [5, 5.41) is 8.32. The molecule has 314 valence electrons. The van der Waals surface area contributed by atoms with Gasteiger partial charge in [-0.25, -0.2) is 18.7 Å². The predicted octanol–water partition coefficient (Wildman–Crippen LogP) is 6.64. The van der Waals surface area contributed by atoms with Gasteiger partial charge in [0, 0.05) is 43.9 Å². The summed E-state index contributed by atoms with van der Waals surface area (Å²) in [6, 6.07) is 8.95. The number of halogens is 1. The molecular formula is C42H55FN6O9. The molecule has 15 nitrogen and oxygen atoms in total. The summed E-state index contributed by atoms with van der Waals surface area (Å²) in [5.41, 5.74) is 0.606. The summed E-state index contributed by atoms with van der Waals surface area (Å²) in [6.07, 6.45) is 2.61. The van der Waals surface area contributed by atoms with E-state index in [1.54, 1.807) is 30.1 Å². The molecular weight excluding hydrogens is 751 g/mol. The maximum atomic E-state index is 14.3. The van der Waals surface area contributed by atoms with Crippen molar-refractivity contribution >= 4 is 34.7 Å². The Bertz CT molecular complexity index is 2190. The Morgan fingerprint density at radius 2 is 1.69 bits per heavy atom. The van der Waals surface area contributed by atoms with Crippen LogP contribution in [0.5, 0.6) is 17.2 Å². The van der Waals surface area contributed by atoms with Gasteiger partial charge >= 0.3 is 12.1 Å². The van der Waals surface area contributed by atoms with Crippen LogP contribution >= 0.6 is 0 Å². The third-order valence-corrected chi connectivity index (χ3v) is 10.0. The molecule has 0 spiro atoms. The van der Waals surface area contributed by atoms with Gasteiger partial charge in [0.15, 0.2) is 17.3 Å². The van der Waals surface area contributed by atoms with E-state index in [9.17, 15) is 23.6 Å². The van der Waals surface area contributed by atoms with Crippen molar-refractivity contribution in [1.82, 2.24) is 24.1 Å². The number of likely N-dealkylation sites (N-methyl/N-ethyl adjacent to an activating group) is 1.